The lowest BCUT2D eigenvalue weighted by Gasteiger charge is -2.26. The molecule has 2 aromatic carbocycles. The van der Waals surface area contributed by atoms with Crippen LogP contribution in [0.25, 0.3) is 0 Å². The van der Waals surface area contributed by atoms with Crippen LogP contribution in [0.1, 0.15) is 33.4 Å². The lowest BCUT2D eigenvalue weighted by Crippen LogP contribution is -2.25. The first-order chi connectivity index (χ1) is 14.6. The fourth-order valence-electron chi connectivity index (χ4n) is 3.34. The molecule has 0 spiro atoms. The number of carbonyl (C=O) groups excluding carboxylic acids is 1. The highest BCUT2D eigenvalue weighted by molar-refractivity contribution is 7.99. The molecule has 2 heterocycles. The number of para-hydroxylation sites is 2. The predicted molar refractivity (Wildman–Crippen MR) is 116 cm³/mol. The number of rotatable bonds is 7. The molecule has 0 N–H and O–H groups in total. The zero-order valence-electron chi connectivity index (χ0n) is 17.0. The number of ketones is 1. The third-order valence-electron chi connectivity index (χ3n) is 4.88. The lowest BCUT2D eigenvalue weighted by atomic mass is 10.0. The summed E-state index contributed by atoms with van der Waals surface area (Å²) in [6, 6.07) is 13.5. The van der Waals surface area contributed by atoms with Crippen LogP contribution in [0.15, 0.2) is 60.3 Å². The Bertz CT molecular complexity index is 1090. The van der Waals surface area contributed by atoms with Crippen molar-refractivity contribution in [3.63, 3.8) is 0 Å². The SMILES string of the molecule is C=CCn1c(SCC(=O)c2cc(C)ccc2C)nnc1[C@@H]1COc2ccccc2O1. The van der Waals surface area contributed by atoms with Gasteiger partial charge in [0.2, 0.25) is 0 Å². The first kappa shape index (κ1) is 20.2. The van der Waals surface area contributed by atoms with Crippen LogP contribution in [-0.4, -0.2) is 32.9 Å². The molecule has 1 aliphatic heterocycles. The number of aromatic nitrogens is 3. The molecule has 154 valence electrons. The number of aryl methyl sites for hydroxylation is 2. The van der Waals surface area contributed by atoms with E-state index in [-0.39, 0.29) is 17.6 Å². The van der Waals surface area contributed by atoms with Crippen molar-refractivity contribution in [1.29, 1.82) is 0 Å². The van der Waals surface area contributed by atoms with E-state index >= 15 is 0 Å². The molecule has 0 saturated carbocycles. The Labute approximate surface area is 179 Å². The Morgan fingerprint density at radius 3 is 2.83 bits per heavy atom. The summed E-state index contributed by atoms with van der Waals surface area (Å²) in [5, 5.41) is 9.31. The van der Waals surface area contributed by atoms with Crippen molar-refractivity contribution in [2.75, 3.05) is 12.4 Å². The van der Waals surface area contributed by atoms with E-state index in [1.165, 1.54) is 11.8 Å². The number of carbonyl (C=O) groups is 1. The fraction of sp³-hybridized carbons (Fsp3) is 0.261. The van der Waals surface area contributed by atoms with Crippen molar-refractivity contribution >= 4 is 17.5 Å². The van der Waals surface area contributed by atoms with Crippen molar-refractivity contribution in [3.8, 4) is 11.5 Å². The molecule has 0 amide bonds. The molecule has 0 radical (unpaired) electrons. The van der Waals surface area contributed by atoms with Gasteiger partial charge in [0, 0.05) is 12.1 Å². The third kappa shape index (κ3) is 4.11. The summed E-state index contributed by atoms with van der Waals surface area (Å²) in [7, 11) is 0. The molecule has 0 saturated heterocycles. The summed E-state index contributed by atoms with van der Waals surface area (Å²) < 4.78 is 13.8. The highest BCUT2D eigenvalue weighted by Crippen LogP contribution is 2.36. The van der Waals surface area contributed by atoms with E-state index in [4.69, 9.17) is 9.47 Å². The second-order valence-electron chi connectivity index (χ2n) is 7.13. The predicted octanol–water partition coefficient (Wildman–Crippen LogP) is 4.57. The maximum Gasteiger partial charge on any atom is 0.192 e. The minimum atomic E-state index is -0.378. The van der Waals surface area contributed by atoms with Gasteiger partial charge in [0.05, 0.1) is 5.75 Å². The summed E-state index contributed by atoms with van der Waals surface area (Å²) in [4.78, 5) is 12.8. The van der Waals surface area contributed by atoms with Crippen LogP contribution < -0.4 is 9.47 Å². The van der Waals surface area contributed by atoms with Crippen LogP contribution >= 0.6 is 11.8 Å². The molecule has 0 unspecified atom stereocenters. The summed E-state index contributed by atoms with van der Waals surface area (Å²) in [5.41, 5.74) is 2.80. The number of fused-ring (bicyclic) bond motifs is 1. The van der Waals surface area contributed by atoms with Crippen LogP contribution in [0.2, 0.25) is 0 Å². The Kier molecular flexibility index (Phi) is 5.90. The van der Waals surface area contributed by atoms with Crippen LogP contribution in [0, 0.1) is 13.8 Å². The largest absolute Gasteiger partial charge is 0.485 e. The number of thioether (sulfide) groups is 1. The van der Waals surface area contributed by atoms with E-state index in [1.54, 1.807) is 6.08 Å². The number of benzene rings is 2. The number of hydrogen-bond acceptors (Lipinski definition) is 6. The minimum absolute atomic E-state index is 0.0714. The van der Waals surface area contributed by atoms with E-state index in [0.29, 0.717) is 29.9 Å². The van der Waals surface area contributed by atoms with Gasteiger partial charge in [0.25, 0.3) is 0 Å². The molecule has 0 aliphatic carbocycles. The molecule has 7 heteroatoms. The first-order valence-corrected chi connectivity index (χ1v) is 10.7. The molecule has 1 aromatic heterocycles. The van der Waals surface area contributed by atoms with Crippen LogP contribution in [-0.2, 0) is 6.54 Å². The summed E-state index contributed by atoms with van der Waals surface area (Å²) >= 11 is 1.37. The van der Waals surface area contributed by atoms with E-state index in [2.05, 4.69) is 16.8 Å². The van der Waals surface area contributed by atoms with Gasteiger partial charge in [0.1, 0.15) is 6.61 Å². The molecular weight excluding hydrogens is 398 g/mol. The summed E-state index contributed by atoms with van der Waals surface area (Å²) in [6.45, 7) is 8.64. The quantitative estimate of drug-likeness (QED) is 0.316. The molecule has 0 bridgehead atoms. The Morgan fingerprint density at radius 2 is 2.03 bits per heavy atom. The van der Waals surface area contributed by atoms with Gasteiger partial charge in [0.15, 0.2) is 34.4 Å². The summed E-state index contributed by atoms with van der Waals surface area (Å²) in [5.74, 6) is 2.41. The smallest absolute Gasteiger partial charge is 0.192 e. The molecule has 1 aliphatic rings. The number of Topliss-reactive ketones (excluding diaryl/α,β-unsaturated/α-hetero) is 1. The molecule has 1 atom stereocenters. The Balaban J connectivity index is 1.52. The van der Waals surface area contributed by atoms with Gasteiger partial charge in [-0.05, 0) is 37.6 Å². The van der Waals surface area contributed by atoms with Crippen molar-refractivity contribution in [2.24, 2.45) is 0 Å². The Hall–Kier alpha value is -3.06. The molecule has 4 rings (SSSR count). The van der Waals surface area contributed by atoms with E-state index in [9.17, 15) is 4.79 Å². The molecular formula is C23H23N3O3S. The average Bonchev–Trinajstić information content (AvgIpc) is 3.16. The van der Waals surface area contributed by atoms with Crippen molar-refractivity contribution in [2.45, 2.75) is 31.7 Å². The van der Waals surface area contributed by atoms with Crippen molar-refractivity contribution in [1.82, 2.24) is 14.8 Å². The monoisotopic (exact) mass is 421 g/mol. The van der Waals surface area contributed by atoms with Crippen LogP contribution in [0.3, 0.4) is 0 Å². The fourth-order valence-corrected chi connectivity index (χ4v) is 4.17. The second-order valence-corrected chi connectivity index (χ2v) is 8.08. The zero-order chi connectivity index (χ0) is 21.1. The highest BCUT2D eigenvalue weighted by atomic mass is 32.2. The third-order valence-corrected chi connectivity index (χ3v) is 5.85. The number of ether oxygens (including phenoxy) is 2. The van der Waals surface area contributed by atoms with Gasteiger partial charge >= 0.3 is 0 Å². The maximum absolute atomic E-state index is 12.8. The van der Waals surface area contributed by atoms with Crippen LogP contribution in [0.5, 0.6) is 11.5 Å². The Morgan fingerprint density at radius 1 is 1.23 bits per heavy atom. The topological polar surface area (TPSA) is 66.2 Å². The van der Waals surface area contributed by atoms with E-state index in [1.807, 2.05) is 60.9 Å². The van der Waals surface area contributed by atoms with Gasteiger partial charge in [-0.3, -0.25) is 9.36 Å². The molecule has 0 fully saturated rings. The summed E-state index contributed by atoms with van der Waals surface area (Å²) in [6.07, 6.45) is 1.40. The van der Waals surface area contributed by atoms with E-state index in [0.717, 1.165) is 22.4 Å². The standard InChI is InChI=1S/C23H23N3O3S/c1-4-11-26-22(21-13-28-19-7-5-6-8-20(19)29-21)24-25-23(26)30-14-18(27)17-12-15(2)9-10-16(17)3/h4-10,12,21H,1,11,13-14H2,2-3H3/t21-/m0/s1. The van der Waals surface area contributed by atoms with Gasteiger partial charge in [-0.2, -0.15) is 0 Å². The van der Waals surface area contributed by atoms with Gasteiger partial charge in [-0.25, -0.2) is 0 Å². The number of hydrogen-bond donors (Lipinski definition) is 0. The highest BCUT2D eigenvalue weighted by Gasteiger charge is 2.28. The molecule has 6 nitrogen and oxygen atoms in total. The van der Waals surface area contributed by atoms with Crippen molar-refractivity contribution in [3.05, 3.63) is 77.6 Å². The average molecular weight is 422 g/mol. The van der Waals surface area contributed by atoms with Crippen LogP contribution in [0.4, 0.5) is 0 Å². The maximum atomic E-state index is 12.8. The number of nitrogens with zero attached hydrogens (tertiary/aromatic N) is 3. The van der Waals surface area contributed by atoms with Gasteiger partial charge in [-0.1, -0.05) is 47.7 Å². The van der Waals surface area contributed by atoms with Crippen molar-refractivity contribution < 1.29 is 14.3 Å². The lowest BCUT2D eigenvalue weighted by molar-refractivity contribution is 0.0821. The minimum Gasteiger partial charge on any atom is -0.485 e. The zero-order valence-corrected chi connectivity index (χ0v) is 17.8. The van der Waals surface area contributed by atoms with Gasteiger partial charge in [-0.15, -0.1) is 16.8 Å². The molecule has 30 heavy (non-hydrogen) atoms. The van der Waals surface area contributed by atoms with Gasteiger partial charge < -0.3 is 9.47 Å². The first-order valence-electron chi connectivity index (χ1n) is 9.72. The molecule has 3 aromatic rings. The van der Waals surface area contributed by atoms with E-state index < -0.39 is 0 Å². The number of allylic oxidation sites excluding steroid dienone is 1. The normalized spacial score (nSPS) is 15.1. The second kappa shape index (κ2) is 8.75.